The number of nitrogens with one attached hydrogen (secondary N) is 1. The van der Waals surface area contributed by atoms with Gasteiger partial charge in [0.25, 0.3) is 0 Å². The molecule has 0 fully saturated rings. The first-order chi connectivity index (χ1) is 22.4. The number of benzene rings is 5. The van der Waals surface area contributed by atoms with E-state index in [1.165, 1.54) is 11.1 Å². The van der Waals surface area contributed by atoms with Crippen molar-refractivity contribution in [1.29, 1.82) is 0 Å². The van der Waals surface area contributed by atoms with Gasteiger partial charge in [-0.3, -0.25) is 0 Å². The Morgan fingerprint density at radius 3 is 1.98 bits per heavy atom. The van der Waals surface area contributed by atoms with Crippen molar-refractivity contribution in [2.75, 3.05) is 6.54 Å². The van der Waals surface area contributed by atoms with Gasteiger partial charge in [-0.2, -0.15) is 0 Å². The molecule has 0 saturated carbocycles. The van der Waals surface area contributed by atoms with Gasteiger partial charge in [-0.25, -0.2) is 13.1 Å². The number of rotatable bonds is 13. The Morgan fingerprint density at radius 1 is 0.717 bits per heavy atom. The van der Waals surface area contributed by atoms with Gasteiger partial charge < -0.3 is 4.57 Å². The van der Waals surface area contributed by atoms with Crippen LogP contribution < -0.4 is 4.72 Å². The number of aryl methyl sites for hydroxylation is 3. The topological polar surface area (TPSA) is 51.1 Å². The highest BCUT2D eigenvalue weighted by Gasteiger charge is 2.26. The van der Waals surface area contributed by atoms with E-state index in [0.717, 1.165) is 58.1 Å². The van der Waals surface area contributed by atoms with Crippen LogP contribution in [-0.4, -0.2) is 19.5 Å². The molecule has 5 aromatic carbocycles. The molecule has 46 heavy (non-hydrogen) atoms. The zero-order valence-corrected chi connectivity index (χ0v) is 27.6. The number of aromatic nitrogens is 1. The average Bonchev–Trinajstić information content (AvgIpc) is 3.35. The standard InChI is InChI=1S/C40H39ClN2O2S/c1-30-14-11-12-22-34(30)29-46(44,45)42-27-26-39-36(23-13-17-31-15-5-2-6-16-31)37-28-35(41)24-25-38(37)43(39)40(32-18-7-3-8-19-32)33-20-9-4-10-21-33/h2-12,14-16,18-22,24-25,28,40,42H,13,17,23,26-27,29H2,1H3. The number of halogens is 1. The minimum Gasteiger partial charge on any atom is -0.333 e. The van der Waals surface area contributed by atoms with Crippen molar-refractivity contribution in [1.82, 2.24) is 9.29 Å². The molecule has 0 unspecified atom stereocenters. The molecule has 1 aromatic heterocycles. The molecule has 0 aliphatic heterocycles. The molecule has 0 amide bonds. The Morgan fingerprint density at radius 2 is 1.33 bits per heavy atom. The van der Waals surface area contributed by atoms with Crippen LogP contribution in [0.25, 0.3) is 10.9 Å². The van der Waals surface area contributed by atoms with Gasteiger partial charge in [-0.1, -0.05) is 127 Å². The third kappa shape index (κ3) is 7.45. The summed E-state index contributed by atoms with van der Waals surface area (Å²) in [6, 6.07) is 45.3. The Balaban J connectivity index is 1.42. The van der Waals surface area contributed by atoms with E-state index in [-0.39, 0.29) is 11.8 Å². The molecule has 1 heterocycles. The van der Waals surface area contributed by atoms with Gasteiger partial charge in [-0.15, -0.1) is 0 Å². The molecule has 0 aliphatic carbocycles. The SMILES string of the molecule is Cc1ccccc1CS(=O)(=O)NCCc1c(CCCc2ccccc2)c2cc(Cl)ccc2n1C(c1ccccc1)c1ccccc1. The van der Waals surface area contributed by atoms with Crippen molar-refractivity contribution >= 4 is 32.5 Å². The summed E-state index contributed by atoms with van der Waals surface area (Å²) in [5.74, 6) is -0.0428. The lowest BCUT2D eigenvalue weighted by molar-refractivity contribution is 0.577. The molecule has 234 valence electrons. The van der Waals surface area contributed by atoms with Crippen molar-refractivity contribution < 1.29 is 8.42 Å². The molecular weight excluding hydrogens is 608 g/mol. The smallest absolute Gasteiger partial charge is 0.215 e. The number of hydrogen-bond donors (Lipinski definition) is 1. The molecule has 0 atom stereocenters. The van der Waals surface area contributed by atoms with Crippen molar-refractivity contribution in [3.8, 4) is 0 Å². The van der Waals surface area contributed by atoms with Crippen LogP contribution >= 0.6 is 11.6 Å². The monoisotopic (exact) mass is 646 g/mol. The fourth-order valence-electron chi connectivity index (χ4n) is 6.48. The predicted molar refractivity (Wildman–Crippen MR) is 191 cm³/mol. The first kappa shape index (κ1) is 31.8. The molecular formula is C40H39ClN2O2S. The highest BCUT2D eigenvalue weighted by atomic mass is 35.5. The molecule has 0 aliphatic rings. The maximum Gasteiger partial charge on any atom is 0.215 e. The van der Waals surface area contributed by atoms with E-state index in [9.17, 15) is 8.42 Å². The molecule has 0 radical (unpaired) electrons. The van der Waals surface area contributed by atoms with Gasteiger partial charge in [0.2, 0.25) is 10.0 Å². The van der Waals surface area contributed by atoms with Crippen LogP contribution in [0.5, 0.6) is 0 Å². The van der Waals surface area contributed by atoms with Crippen LogP contribution in [0.15, 0.2) is 133 Å². The van der Waals surface area contributed by atoms with Gasteiger partial charge in [0.05, 0.1) is 11.8 Å². The Bertz CT molecular complexity index is 1970. The zero-order chi connectivity index (χ0) is 31.9. The van der Waals surface area contributed by atoms with Crippen molar-refractivity contribution in [2.24, 2.45) is 0 Å². The zero-order valence-electron chi connectivity index (χ0n) is 26.1. The van der Waals surface area contributed by atoms with Gasteiger partial charge >= 0.3 is 0 Å². The molecule has 0 spiro atoms. The first-order valence-electron chi connectivity index (χ1n) is 15.9. The lowest BCUT2D eigenvalue weighted by atomic mass is 9.97. The van der Waals surface area contributed by atoms with Crippen LogP contribution in [0.1, 0.15) is 51.5 Å². The minimum absolute atomic E-state index is 0.0428. The van der Waals surface area contributed by atoms with E-state index in [1.54, 1.807) is 0 Å². The summed E-state index contributed by atoms with van der Waals surface area (Å²) in [5.41, 5.74) is 8.86. The fourth-order valence-corrected chi connectivity index (χ4v) is 7.90. The van der Waals surface area contributed by atoms with Gasteiger partial charge in [0.15, 0.2) is 0 Å². The number of hydrogen-bond acceptors (Lipinski definition) is 2. The summed E-state index contributed by atoms with van der Waals surface area (Å²) in [6.07, 6.45) is 3.30. The maximum atomic E-state index is 13.3. The molecule has 1 N–H and O–H groups in total. The summed E-state index contributed by atoms with van der Waals surface area (Å²) < 4.78 is 31.9. The van der Waals surface area contributed by atoms with E-state index < -0.39 is 10.0 Å². The Hall–Kier alpha value is -4.16. The average molecular weight is 647 g/mol. The summed E-state index contributed by atoms with van der Waals surface area (Å²) in [6.45, 7) is 2.24. The number of nitrogens with zero attached hydrogens (tertiary/aromatic N) is 1. The summed E-state index contributed by atoms with van der Waals surface area (Å²) in [7, 11) is -3.55. The van der Waals surface area contributed by atoms with Crippen LogP contribution in [0.3, 0.4) is 0 Å². The highest BCUT2D eigenvalue weighted by Crippen LogP contribution is 2.38. The molecule has 0 saturated heterocycles. The maximum absolute atomic E-state index is 13.3. The molecule has 4 nitrogen and oxygen atoms in total. The van der Waals surface area contributed by atoms with Crippen LogP contribution in [0.4, 0.5) is 0 Å². The molecule has 6 aromatic rings. The van der Waals surface area contributed by atoms with E-state index in [1.807, 2.05) is 55.5 Å². The summed E-state index contributed by atoms with van der Waals surface area (Å²) in [5, 5.41) is 1.81. The largest absolute Gasteiger partial charge is 0.333 e. The molecule has 0 bridgehead atoms. The summed E-state index contributed by atoms with van der Waals surface area (Å²) >= 11 is 6.65. The fraction of sp³-hybridized carbons (Fsp3) is 0.200. The first-order valence-corrected chi connectivity index (χ1v) is 17.9. The van der Waals surface area contributed by atoms with Crippen LogP contribution in [0.2, 0.25) is 5.02 Å². The van der Waals surface area contributed by atoms with Gasteiger partial charge in [-0.05, 0) is 77.8 Å². The third-order valence-electron chi connectivity index (χ3n) is 8.70. The quantitative estimate of drug-likeness (QED) is 0.136. The molecule has 6 rings (SSSR count). The van der Waals surface area contributed by atoms with Crippen LogP contribution in [0, 0.1) is 6.92 Å². The lowest BCUT2D eigenvalue weighted by Crippen LogP contribution is -2.28. The van der Waals surface area contributed by atoms with Gasteiger partial charge in [0.1, 0.15) is 0 Å². The van der Waals surface area contributed by atoms with E-state index >= 15 is 0 Å². The predicted octanol–water partition coefficient (Wildman–Crippen LogP) is 9.08. The van der Waals surface area contributed by atoms with E-state index in [2.05, 4.69) is 94.2 Å². The second-order valence-electron chi connectivity index (χ2n) is 11.8. The molecule has 6 heteroatoms. The van der Waals surface area contributed by atoms with Gasteiger partial charge in [0, 0.05) is 34.6 Å². The second kappa shape index (κ2) is 14.5. The second-order valence-corrected chi connectivity index (χ2v) is 14.1. The summed E-state index contributed by atoms with van der Waals surface area (Å²) in [4.78, 5) is 0. The van der Waals surface area contributed by atoms with Crippen molar-refractivity contribution in [3.63, 3.8) is 0 Å². The Labute approximate surface area is 277 Å². The number of fused-ring (bicyclic) bond motifs is 1. The van der Waals surface area contributed by atoms with Crippen LogP contribution in [-0.2, 0) is 35.0 Å². The Kier molecular flexibility index (Phi) is 10.0. The van der Waals surface area contributed by atoms with E-state index in [0.29, 0.717) is 18.0 Å². The van der Waals surface area contributed by atoms with Crippen molar-refractivity contribution in [3.05, 3.63) is 178 Å². The lowest BCUT2D eigenvalue weighted by Gasteiger charge is -2.25. The number of sulfonamides is 1. The van der Waals surface area contributed by atoms with Crippen molar-refractivity contribution in [2.45, 2.75) is 44.4 Å². The highest BCUT2D eigenvalue weighted by molar-refractivity contribution is 7.88. The van der Waals surface area contributed by atoms with E-state index in [4.69, 9.17) is 11.6 Å². The minimum atomic E-state index is -3.55. The third-order valence-corrected chi connectivity index (χ3v) is 10.3. The normalized spacial score (nSPS) is 11.8.